The van der Waals surface area contributed by atoms with Gasteiger partial charge in [0, 0.05) is 40.0 Å². The van der Waals surface area contributed by atoms with Crippen molar-refractivity contribution < 1.29 is 0 Å². The Bertz CT molecular complexity index is 633. The number of aromatic nitrogens is 2. The van der Waals surface area contributed by atoms with Gasteiger partial charge in [-0.05, 0) is 30.5 Å². The van der Waals surface area contributed by atoms with Crippen LogP contribution < -0.4 is 0 Å². The topological polar surface area (TPSA) is 17.8 Å². The fourth-order valence-corrected chi connectivity index (χ4v) is 7.19. The van der Waals surface area contributed by atoms with Crippen molar-refractivity contribution >= 4 is 46.7 Å². The molecule has 2 aromatic rings. The van der Waals surface area contributed by atoms with Crippen molar-refractivity contribution in [2.75, 3.05) is 5.75 Å². The van der Waals surface area contributed by atoms with E-state index < -0.39 is 0 Å². The number of aryl methyl sites for hydroxylation is 1. The van der Waals surface area contributed by atoms with Crippen molar-refractivity contribution in [1.82, 2.24) is 9.55 Å². The van der Waals surface area contributed by atoms with Crippen molar-refractivity contribution in [1.29, 1.82) is 0 Å². The number of benzene rings is 1. The van der Waals surface area contributed by atoms with Gasteiger partial charge in [0.25, 0.3) is 0 Å². The monoisotopic (exact) mass is 372 g/mol. The summed E-state index contributed by atoms with van der Waals surface area (Å²) in [6.07, 6.45) is 7.93. The van der Waals surface area contributed by atoms with Crippen LogP contribution in [0.1, 0.15) is 25.3 Å². The standard InChI is InChI=1S/C16H18Cl2N2S2/c1-2-13-10-21-16(22-13,5-7-20-8-6-19-11-20)14-4-3-12(17)9-15(14)18/h3-4,6,8-9,11,13H,2,5,7,10H2,1H3. The van der Waals surface area contributed by atoms with Gasteiger partial charge >= 0.3 is 0 Å². The molecule has 0 amide bonds. The van der Waals surface area contributed by atoms with Gasteiger partial charge in [0.15, 0.2) is 0 Å². The summed E-state index contributed by atoms with van der Waals surface area (Å²) in [5.74, 6) is 1.17. The Morgan fingerprint density at radius 3 is 2.91 bits per heavy atom. The van der Waals surface area contributed by atoms with E-state index in [4.69, 9.17) is 23.2 Å². The van der Waals surface area contributed by atoms with E-state index in [1.165, 1.54) is 17.7 Å². The van der Waals surface area contributed by atoms with Crippen LogP contribution in [-0.2, 0) is 10.6 Å². The Morgan fingerprint density at radius 2 is 2.27 bits per heavy atom. The fraction of sp³-hybridized carbons (Fsp3) is 0.438. The molecule has 2 heterocycles. The number of thioether (sulfide) groups is 2. The number of nitrogens with zero attached hydrogens (tertiary/aromatic N) is 2. The van der Waals surface area contributed by atoms with Gasteiger partial charge < -0.3 is 4.57 Å². The average Bonchev–Trinajstić information content (AvgIpc) is 3.15. The van der Waals surface area contributed by atoms with E-state index in [9.17, 15) is 0 Å². The maximum Gasteiger partial charge on any atom is 0.0945 e. The summed E-state index contributed by atoms with van der Waals surface area (Å²) >= 11 is 16.7. The second kappa shape index (κ2) is 7.08. The van der Waals surface area contributed by atoms with Crippen molar-refractivity contribution in [3.8, 4) is 0 Å². The molecule has 6 heteroatoms. The van der Waals surface area contributed by atoms with Gasteiger partial charge in [-0.1, -0.05) is 36.2 Å². The highest BCUT2D eigenvalue weighted by molar-refractivity contribution is 8.21. The van der Waals surface area contributed by atoms with Crippen molar-refractivity contribution in [2.24, 2.45) is 0 Å². The van der Waals surface area contributed by atoms with E-state index in [1.54, 1.807) is 0 Å². The van der Waals surface area contributed by atoms with Gasteiger partial charge in [-0.2, -0.15) is 0 Å². The number of hydrogen-bond donors (Lipinski definition) is 0. The first-order valence-corrected chi connectivity index (χ1v) is 9.98. The van der Waals surface area contributed by atoms with Crippen LogP contribution in [0.5, 0.6) is 0 Å². The van der Waals surface area contributed by atoms with Crippen molar-refractivity contribution in [3.63, 3.8) is 0 Å². The molecule has 1 aromatic carbocycles. The number of imidazole rings is 1. The average molecular weight is 373 g/mol. The molecule has 0 bridgehead atoms. The second-order valence-corrected chi connectivity index (χ2v) is 9.41. The molecule has 1 aromatic heterocycles. The maximum absolute atomic E-state index is 6.52. The second-order valence-electron chi connectivity index (χ2n) is 5.39. The lowest BCUT2D eigenvalue weighted by Crippen LogP contribution is -2.18. The molecule has 0 saturated carbocycles. The highest BCUT2D eigenvalue weighted by atomic mass is 35.5. The first-order chi connectivity index (χ1) is 10.6. The third-order valence-electron chi connectivity index (χ3n) is 3.91. The fourth-order valence-electron chi connectivity index (χ4n) is 2.67. The van der Waals surface area contributed by atoms with Gasteiger partial charge in [0.2, 0.25) is 0 Å². The molecule has 0 spiro atoms. The highest BCUT2D eigenvalue weighted by Gasteiger charge is 2.42. The SMILES string of the molecule is CCC1CSC(CCn2ccnc2)(c2ccc(Cl)cc2Cl)S1. The van der Waals surface area contributed by atoms with Gasteiger partial charge in [0.05, 0.1) is 10.4 Å². The Labute approximate surface area is 150 Å². The molecule has 0 radical (unpaired) electrons. The molecule has 1 saturated heterocycles. The number of rotatable bonds is 5. The van der Waals surface area contributed by atoms with Crippen LogP contribution in [0.4, 0.5) is 0 Å². The van der Waals surface area contributed by atoms with Gasteiger partial charge in [-0.15, -0.1) is 23.5 Å². The molecule has 118 valence electrons. The molecule has 2 unspecified atom stereocenters. The summed E-state index contributed by atoms with van der Waals surface area (Å²) in [6.45, 7) is 3.20. The van der Waals surface area contributed by atoms with Crippen LogP contribution in [0, 0.1) is 0 Å². The van der Waals surface area contributed by atoms with Gasteiger partial charge in [-0.3, -0.25) is 0 Å². The molecule has 2 nitrogen and oxygen atoms in total. The quantitative estimate of drug-likeness (QED) is 0.670. The maximum atomic E-state index is 6.52. The predicted octanol–water partition coefficient (Wildman–Crippen LogP) is 5.69. The first kappa shape index (κ1) is 16.6. The summed E-state index contributed by atoms with van der Waals surface area (Å²) in [4.78, 5) is 4.13. The molecule has 22 heavy (non-hydrogen) atoms. The summed E-state index contributed by atoms with van der Waals surface area (Å²) in [7, 11) is 0. The minimum Gasteiger partial charge on any atom is -0.337 e. The molecule has 2 atom stereocenters. The number of halogens is 2. The zero-order valence-electron chi connectivity index (χ0n) is 12.3. The molecule has 1 aliphatic rings. The Morgan fingerprint density at radius 1 is 1.41 bits per heavy atom. The van der Waals surface area contributed by atoms with E-state index >= 15 is 0 Å². The van der Waals surface area contributed by atoms with Crippen LogP contribution in [0.25, 0.3) is 0 Å². The predicted molar refractivity (Wildman–Crippen MR) is 99.1 cm³/mol. The van der Waals surface area contributed by atoms with Gasteiger partial charge in [-0.25, -0.2) is 4.98 Å². The number of hydrogen-bond acceptors (Lipinski definition) is 3. The summed E-state index contributed by atoms with van der Waals surface area (Å²) in [5.41, 5.74) is 1.20. The van der Waals surface area contributed by atoms with E-state index in [0.29, 0.717) is 10.3 Å². The van der Waals surface area contributed by atoms with Crippen molar-refractivity contribution in [2.45, 2.75) is 35.6 Å². The lowest BCUT2D eigenvalue weighted by Gasteiger charge is -2.30. The zero-order valence-corrected chi connectivity index (χ0v) is 15.5. The third-order valence-corrected chi connectivity index (χ3v) is 8.41. The molecule has 1 fully saturated rings. The van der Waals surface area contributed by atoms with Crippen LogP contribution in [0.3, 0.4) is 0 Å². The molecule has 0 N–H and O–H groups in total. The molecule has 0 aliphatic carbocycles. The third kappa shape index (κ3) is 3.45. The lowest BCUT2D eigenvalue weighted by molar-refractivity contribution is 0.614. The van der Waals surface area contributed by atoms with Crippen LogP contribution in [-0.4, -0.2) is 20.6 Å². The minimum atomic E-state index is 0.00657. The van der Waals surface area contributed by atoms with Crippen LogP contribution >= 0.6 is 46.7 Å². The molecular weight excluding hydrogens is 355 g/mol. The summed E-state index contributed by atoms with van der Waals surface area (Å²) in [5, 5.41) is 2.15. The Kier molecular flexibility index (Phi) is 5.33. The van der Waals surface area contributed by atoms with E-state index in [1.807, 2.05) is 42.6 Å². The minimum absolute atomic E-state index is 0.00657. The molecular formula is C16H18Cl2N2S2. The largest absolute Gasteiger partial charge is 0.337 e. The normalized spacial score (nSPS) is 24.8. The smallest absolute Gasteiger partial charge is 0.0945 e. The molecule has 1 aliphatic heterocycles. The first-order valence-electron chi connectivity index (χ1n) is 7.36. The Hall–Kier alpha value is -0.290. The van der Waals surface area contributed by atoms with E-state index in [0.717, 1.165) is 18.0 Å². The van der Waals surface area contributed by atoms with Crippen molar-refractivity contribution in [3.05, 3.63) is 52.5 Å². The van der Waals surface area contributed by atoms with Gasteiger partial charge in [0.1, 0.15) is 0 Å². The van der Waals surface area contributed by atoms with Crippen LogP contribution in [0.15, 0.2) is 36.9 Å². The summed E-state index contributed by atoms with van der Waals surface area (Å²) < 4.78 is 2.14. The van der Waals surface area contributed by atoms with E-state index in [2.05, 4.69) is 34.3 Å². The Balaban J connectivity index is 1.89. The molecule has 3 rings (SSSR count). The summed E-state index contributed by atoms with van der Waals surface area (Å²) in [6, 6.07) is 5.90. The lowest BCUT2D eigenvalue weighted by atomic mass is 10.1. The highest BCUT2D eigenvalue weighted by Crippen LogP contribution is 2.59. The van der Waals surface area contributed by atoms with E-state index in [-0.39, 0.29) is 4.08 Å². The van der Waals surface area contributed by atoms with Crippen LogP contribution in [0.2, 0.25) is 10.0 Å². The zero-order chi connectivity index (χ0) is 15.6.